The van der Waals surface area contributed by atoms with E-state index in [2.05, 4.69) is 38.5 Å². The molecule has 0 fully saturated rings. The Labute approximate surface area is 174 Å². The molecule has 0 amide bonds. The highest BCUT2D eigenvalue weighted by Gasteiger charge is 2.23. The van der Waals surface area contributed by atoms with Crippen LogP contribution in [0, 0.1) is 3.57 Å². The van der Waals surface area contributed by atoms with Gasteiger partial charge in [0.15, 0.2) is 6.29 Å². The molecule has 0 heterocycles. The zero-order chi connectivity index (χ0) is 19.7. The van der Waals surface area contributed by atoms with Crippen molar-refractivity contribution < 1.29 is 34.0 Å². The monoisotopic (exact) mass is 544 g/mol. The number of benzene rings is 1. The third-order valence-corrected chi connectivity index (χ3v) is 4.97. The molecular weight excluding hydrogens is 523 g/mol. The van der Waals surface area contributed by atoms with Crippen LogP contribution in [0.3, 0.4) is 0 Å². The summed E-state index contributed by atoms with van der Waals surface area (Å²) < 4.78 is 18.1. The minimum absolute atomic E-state index is 0.156. The van der Waals surface area contributed by atoms with Crippen LogP contribution in [0.1, 0.15) is 38.2 Å². The van der Waals surface area contributed by atoms with Crippen molar-refractivity contribution in [3.05, 3.63) is 25.7 Å². The molecule has 2 N–H and O–H groups in total. The lowest BCUT2D eigenvalue weighted by molar-refractivity contribution is -0.152. The molecule has 0 unspecified atom stereocenters. The summed E-state index contributed by atoms with van der Waals surface area (Å²) in [7, 11) is 0. The van der Waals surface area contributed by atoms with E-state index in [0.717, 1.165) is 3.57 Å². The predicted molar refractivity (Wildman–Crippen MR) is 107 cm³/mol. The van der Waals surface area contributed by atoms with Crippen LogP contribution in [0.25, 0.3) is 0 Å². The first kappa shape index (κ1) is 23.1. The molecule has 1 aromatic rings. The van der Waals surface area contributed by atoms with Gasteiger partial charge >= 0.3 is 11.9 Å². The van der Waals surface area contributed by atoms with E-state index >= 15 is 0 Å². The van der Waals surface area contributed by atoms with Crippen LogP contribution < -0.4 is 4.74 Å². The van der Waals surface area contributed by atoms with Crippen LogP contribution in [0.15, 0.2) is 16.6 Å². The van der Waals surface area contributed by atoms with Gasteiger partial charge in [-0.05, 0) is 70.1 Å². The molecule has 9 heteroatoms. The van der Waals surface area contributed by atoms with E-state index in [-0.39, 0.29) is 19.4 Å². The van der Waals surface area contributed by atoms with Gasteiger partial charge in [0, 0.05) is 22.7 Å². The molecule has 0 bridgehead atoms. The maximum Gasteiger partial charge on any atom is 0.303 e. The van der Waals surface area contributed by atoms with Gasteiger partial charge in [0.25, 0.3) is 0 Å². The second-order valence-corrected chi connectivity index (χ2v) is 7.36. The Morgan fingerprint density at radius 1 is 1.12 bits per heavy atom. The number of carboxylic acid groups (broad SMARTS) is 2. The zero-order valence-electron chi connectivity index (χ0n) is 14.5. The highest BCUT2D eigenvalue weighted by atomic mass is 127. The van der Waals surface area contributed by atoms with Crippen LogP contribution in [0.2, 0.25) is 0 Å². The Hall–Kier alpha value is -0.910. The average molecular weight is 545 g/mol. The number of aliphatic carboxylic acids is 2. The number of halogens is 2. The minimum Gasteiger partial charge on any atom is -0.487 e. The van der Waals surface area contributed by atoms with Gasteiger partial charge in [-0.2, -0.15) is 0 Å². The van der Waals surface area contributed by atoms with Gasteiger partial charge < -0.3 is 24.4 Å². The Kier molecular flexibility index (Phi) is 10.4. The standard InChI is InChI=1S/C17H22BrIO7/c1-3-24-17(25-4-2)9-26-14-7-11(13(19)8-12(14)18)10(5-15(20)21)6-16(22)23/h7-8,10,17H,3-6,9H2,1-2H3,(H,20,21)(H,22,23). The highest BCUT2D eigenvalue weighted by molar-refractivity contribution is 14.1. The molecule has 1 aromatic carbocycles. The number of ether oxygens (including phenoxy) is 3. The molecule has 0 aliphatic heterocycles. The molecule has 0 aliphatic rings. The fourth-order valence-electron chi connectivity index (χ4n) is 2.36. The van der Waals surface area contributed by atoms with Crippen molar-refractivity contribution in [2.24, 2.45) is 0 Å². The van der Waals surface area contributed by atoms with Gasteiger partial charge in [0.1, 0.15) is 12.4 Å². The third-order valence-electron chi connectivity index (χ3n) is 3.41. The molecule has 0 aliphatic carbocycles. The van der Waals surface area contributed by atoms with Crippen molar-refractivity contribution in [2.75, 3.05) is 19.8 Å². The molecule has 0 radical (unpaired) electrons. The lowest BCUT2D eigenvalue weighted by atomic mass is 9.92. The second kappa shape index (κ2) is 11.7. The molecule has 0 aromatic heterocycles. The maximum absolute atomic E-state index is 11.1. The van der Waals surface area contributed by atoms with E-state index in [1.807, 2.05) is 13.8 Å². The first-order chi connectivity index (χ1) is 12.3. The van der Waals surface area contributed by atoms with E-state index < -0.39 is 24.1 Å². The van der Waals surface area contributed by atoms with Gasteiger partial charge in [-0.3, -0.25) is 9.59 Å². The SMILES string of the molecule is CCOC(COc1cc(C(CC(=O)O)CC(=O)O)c(I)cc1Br)OCC. The molecule has 0 saturated carbocycles. The number of hydrogen-bond donors (Lipinski definition) is 2. The number of carbonyl (C=O) groups is 2. The second-order valence-electron chi connectivity index (χ2n) is 5.35. The minimum atomic E-state index is -1.05. The first-order valence-corrected chi connectivity index (χ1v) is 9.94. The molecule has 0 spiro atoms. The summed E-state index contributed by atoms with van der Waals surface area (Å²) in [4.78, 5) is 22.2. The van der Waals surface area contributed by atoms with Crippen molar-refractivity contribution >= 4 is 50.5 Å². The van der Waals surface area contributed by atoms with Crippen LogP contribution in [-0.2, 0) is 19.1 Å². The quantitative estimate of drug-likeness (QED) is 0.304. The Bertz CT molecular complexity index is 601. The average Bonchev–Trinajstić information content (AvgIpc) is 2.52. The van der Waals surface area contributed by atoms with E-state index in [0.29, 0.717) is 29.0 Å². The highest BCUT2D eigenvalue weighted by Crippen LogP contribution is 2.36. The number of carboxylic acids is 2. The van der Waals surface area contributed by atoms with E-state index in [1.165, 1.54) is 0 Å². The number of hydrogen-bond acceptors (Lipinski definition) is 5. The zero-order valence-corrected chi connectivity index (χ0v) is 18.3. The molecule has 0 saturated heterocycles. The topological polar surface area (TPSA) is 102 Å². The normalized spacial score (nSPS) is 11.2. The molecule has 26 heavy (non-hydrogen) atoms. The maximum atomic E-state index is 11.1. The first-order valence-electron chi connectivity index (χ1n) is 8.06. The molecule has 7 nitrogen and oxygen atoms in total. The number of rotatable bonds is 12. The van der Waals surface area contributed by atoms with Crippen molar-refractivity contribution in [1.82, 2.24) is 0 Å². The predicted octanol–water partition coefficient (Wildman–Crippen LogP) is 3.86. The summed E-state index contributed by atoms with van der Waals surface area (Å²) in [5, 5.41) is 18.2. The smallest absolute Gasteiger partial charge is 0.303 e. The Balaban J connectivity index is 3.05. The lowest BCUT2D eigenvalue weighted by Crippen LogP contribution is -2.25. The molecule has 1 rings (SSSR count). The summed E-state index contributed by atoms with van der Waals surface area (Å²) in [6, 6.07) is 3.45. The van der Waals surface area contributed by atoms with Gasteiger partial charge in [-0.25, -0.2) is 0 Å². The van der Waals surface area contributed by atoms with Gasteiger partial charge in [-0.15, -0.1) is 0 Å². The fraction of sp³-hybridized carbons (Fsp3) is 0.529. The molecule has 0 atom stereocenters. The van der Waals surface area contributed by atoms with Crippen LogP contribution in [0.4, 0.5) is 0 Å². The van der Waals surface area contributed by atoms with E-state index in [4.69, 9.17) is 24.4 Å². The molecular formula is C17H22BrIO7. The van der Waals surface area contributed by atoms with Crippen LogP contribution >= 0.6 is 38.5 Å². The fourth-order valence-corrected chi connectivity index (χ4v) is 4.15. The van der Waals surface area contributed by atoms with Crippen LogP contribution in [0.5, 0.6) is 5.75 Å². The van der Waals surface area contributed by atoms with Crippen molar-refractivity contribution in [3.63, 3.8) is 0 Å². The van der Waals surface area contributed by atoms with Gasteiger partial charge in [0.2, 0.25) is 0 Å². The van der Waals surface area contributed by atoms with E-state index in [1.54, 1.807) is 12.1 Å². The summed E-state index contributed by atoms with van der Waals surface area (Å²) >= 11 is 5.48. The Morgan fingerprint density at radius 2 is 1.65 bits per heavy atom. The summed E-state index contributed by atoms with van der Waals surface area (Å²) in [6.45, 7) is 4.82. The van der Waals surface area contributed by atoms with Gasteiger partial charge in [0.05, 0.1) is 17.3 Å². The summed E-state index contributed by atoms with van der Waals surface area (Å²) in [6.07, 6.45) is -1.07. The summed E-state index contributed by atoms with van der Waals surface area (Å²) in [5.74, 6) is -2.28. The van der Waals surface area contributed by atoms with Crippen molar-refractivity contribution in [2.45, 2.75) is 38.9 Å². The van der Waals surface area contributed by atoms with Crippen molar-refractivity contribution in [1.29, 1.82) is 0 Å². The van der Waals surface area contributed by atoms with E-state index in [9.17, 15) is 9.59 Å². The van der Waals surface area contributed by atoms with Gasteiger partial charge in [-0.1, -0.05) is 0 Å². The summed E-state index contributed by atoms with van der Waals surface area (Å²) in [5.41, 5.74) is 0.623. The lowest BCUT2D eigenvalue weighted by Gasteiger charge is -2.20. The third kappa shape index (κ3) is 7.77. The Morgan fingerprint density at radius 3 is 2.12 bits per heavy atom. The molecule has 146 valence electrons. The van der Waals surface area contributed by atoms with Crippen molar-refractivity contribution in [3.8, 4) is 5.75 Å². The largest absolute Gasteiger partial charge is 0.487 e. The van der Waals surface area contributed by atoms with Crippen LogP contribution in [-0.4, -0.2) is 48.3 Å².